The van der Waals surface area contributed by atoms with Gasteiger partial charge in [-0.25, -0.2) is 4.85 Å². The molecule has 10 aromatic carbocycles. The first-order valence-corrected chi connectivity index (χ1v) is 16.7. The van der Waals surface area contributed by atoms with E-state index in [-0.39, 0.29) is 0 Å². The summed E-state index contributed by atoms with van der Waals surface area (Å²) in [6, 6.07) is 57.5. The van der Waals surface area contributed by atoms with Gasteiger partial charge in [0.25, 0.3) is 0 Å². The maximum Gasteiger partial charge on any atom is 0.189 e. The van der Waals surface area contributed by atoms with Gasteiger partial charge in [0.05, 0.1) is 12.1 Å². The lowest BCUT2D eigenvalue weighted by molar-refractivity contribution is 1.18. The average molecular weight is 619 g/mol. The third-order valence-corrected chi connectivity index (χ3v) is 10.6. The molecule has 0 radical (unpaired) electrons. The molecule has 0 amide bonds. The van der Waals surface area contributed by atoms with Gasteiger partial charge in [-0.15, -0.1) is 0 Å². The third-order valence-electron chi connectivity index (χ3n) is 10.6. The van der Waals surface area contributed by atoms with E-state index in [1.807, 2.05) is 12.1 Å². The summed E-state index contributed by atoms with van der Waals surface area (Å²) in [5.41, 5.74) is 8.89. The van der Waals surface area contributed by atoms with Crippen molar-refractivity contribution in [1.82, 2.24) is 4.57 Å². The lowest BCUT2D eigenvalue weighted by atomic mass is 9.88. The molecule has 0 atom stereocenters. The zero-order chi connectivity index (χ0) is 32.2. The van der Waals surface area contributed by atoms with Crippen LogP contribution in [-0.2, 0) is 0 Å². The van der Waals surface area contributed by atoms with Gasteiger partial charge >= 0.3 is 0 Å². The van der Waals surface area contributed by atoms with Crippen LogP contribution in [0.1, 0.15) is 0 Å². The van der Waals surface area contributed by atoms with Crippen molar-refractivity contribution in [3.63, 3.8) is 0 Å². The molecule has 0 unspecified atom stereocenters. The minimum absolute atomic E-state index is 0.659. The van der Waals surface area contributed by atoms with E-state index < -0.39 is 0 Å². The van der Waals surface area contributed by atoms with E-state index in [1.165, 1.54) is 81.5 Å². The molecule has 2 heteroatoms. The lowest BCUT2D eigenvalue weighted by Crippen LogP contribution is -1.93. The van der Waals surface area contributed by atoms with Crippen molar-refractivity contribution in [2.24, 2.45) is 0 Å². The molecule has 1 heterocycles. The van der Waals surface area contributed by atoms with Gasteiger partial charge in [-0.3, -0.25) is 0 Å². The monoisotopic (exact) mass is 618 g/mol. The molecule has 0 fully saturated rings. The van der Waals surface area contributed by atoms with Crippen molar-refractivity contribution in [3.05, 3.63) is 169 Å². The number of hydrogen-bond acceptors (Lipinski definition) is 0. The summed E-state index contributed by atoms with van der Waals surface area (Å²) >= 11 is 0. The Morgan fingerprint density at radius 3 is 1.55 bits per heavy atom. The van der Waals surface area contributed by atoms with E-state index in [2.05, 4.69) is 155 Å². The lowest BCUT2D eigenvalue weighted by Gasteiger charge is -2.16. The topological polar surface area (TPSA) is 9.29 Å². The van der Waals surface area contributed by atoms with Gasteiger partial charge in [0, 0.05) is 22.0 Å². The van der Waals surface area contributed by atoms with E-state index >= 15 is 0 Å². The largest absolute Gasteiger partial charge is 0.310 e. The molecule has 0 aliphatic carbocycles. The Bertz CT molecular complexity index is 3090. The molecular formula is C47H26N2. The minimum atomic E-state index is 0.659. The SMILES string of the molecule is [C-]#[N+]c1cc2ccc3cc(-c4cc5ccc6cc(-c7cccc8ccccc78)cc7ccc(c4)c5c67)cc4c3c2c(c1)n4-c1ccccc1. The molecule has 0 saturated carbocycles. The standard InChI is InChI=1S/C47H26N2/c1-48-38-25-34-19-18-33-22-36(26-42-46(33)47(34)43(27-38)49(42)39-10-3-2-4-11-39)35-20-29-14-16-31-23-37(24-32-17-15-30(21-35)44(29)45(31)32)41-13-7-9-28-8-5-6-12-40(28)41/h2-27H. The fourth-order valence-electron chi connectivity index (χ4n) is 8.48. The second kappa shape index (κ2) is 9.67. The molecule has 11 aromatic rings. The highest BCUT2D eigenvalue weighted by molar-refractivity contribution is 6.27. The third kappa shape index (κ3) is 3.70. The first kappa shape index (κ1) is 26.4. The highest BCUT2D eigenvalue weighted by Gasteiger charge is 2.20. The quantitative estimate of drug-likeness (QED) is 0.138. The molecule has 49 heavy (non-hydrogen) atoms. The zero-order valence-electron chi connectivity index (χ0n) is 26.4. The maximum absolute atomic E-state index is 7.79. The summed E-state index contributed by atoms with van der Waals surface area (Å²) in [4.78, 5) is 3.82. The first-order valence-electron chi connectivity index (χ1n) is 16.7. The molecule has 0 bridgehead atoms. The van der Waals surface area contributed by atoms with E-state index in [9.17, 15) is 0 Å². The van der Waals surface area contributed by atoms with Crippen LogP contribution in [0.25, 0.3) is 108 Å². The van der Waals surface area contributed by atoms with Crippen LogP contribution in [0.4, 0.5) is 5.69 Å². The van der Waals surface area contributed by atoms with Crippen molar-refractivity contribution in [3.8, 4) is 27.9 Å². The van der Waals surface area contributed by atoms with Crippen LogP contribution in [0.15, 0.2) is 158 Å². The Kier molecular flexibility index (Phi) is 5.21. The van der Waals surface area contributed by atoms with Gasteiger partial charge in [-0.1, -0.05) is 97.1 Å². The van der Waals surface area contributed by atoms with Gasteiger partial charge in [0.2, 0.25) is 0 Å². The van der Waals surface area contributed by atoms with E-state index in [4.69, 9.17) is 6.57 Å². The highest BCUT2D eigenvalue weighted by Crippen LogP contribution is 2.45. The smallest absolute Gasteiger partial charge is 0.189 e. The summed E-state index contributed by atoms with van der Waals surface area (Å²) < 4.78 is 2.33. The van der Waals surface area contributed by atoms with Gasteiger partial charge in [0.1, 0.15) is 0 Å². The molecule has 224 valence electrons. The second-order valence-electron chi connectivity index (χ2n) is 13.3. The van der Waals surface area contributed by atoms with Crippen LogP contribution in [0, 0.1) is 6.57 Å². The van der Waals surface area contributed by atoms with E-state index in [0.29, 0.717) is 5.69 Å². The van der Waals surface area contributed by atoms with Crippen molar-refractivity contribution in [2.45, 2.75) is 0 Å². The summed E-state index contributed by atoms with van der Waals surface area (Å²) in [7, 11) is 0. The predicted octanol–water partition coefficient (Wildman–Crippen LogP) is 13.3. The second-order valence-corrected chi connectivity index (χ2v) is 13.3. The van der Waals surface area contributed by atoms with Crippen molar-refractivity contribution < 1.29 is 0 Å². The van der Waals surface area contributed by atoms with Crippen LogP contribution >= 0.6 is 0 Å². The van der Waals surface area contributed by atoms with Gasteiger partial charge in [0.15, 0.2) is 5.69 Å². The Morgan fingerprint density at radius 2 is 0.898 bits per heavy atom. The molecule has 1 aromatic heterocycles. The fourth-order valence-corrected chi connectivity index (χ4v) is 8.48. The molecule has 0 aliphatic heterocycles. The first-order chi connectivity index (χ1) is 24.2. The number of benzene rings is 10. The summed E-state index contributed by atoms with van der Waals surface area (Å²) in [5.74, 6) is 0. The minimum Gasteiger partial charge on any atom is -0.310 e. The molecule has 0 saturated heterocycles. The summed E-state index contributed by atoms with van der Waals surface area (Å²) in [6.07, 6.45) is 0. The van der Waals surface area contributed by atoms with Crippen LogP contribution in [0.5, 0.6) is 0 Å². The van der Waals surface area contributed by atoms with Crippen molar-refractivity contribution >= 4 is 81.4 Å². The normalized spacial score (nSPS) is 12.1. The van der Waals surface area contributed by atoms with Crippen molar-refractivity contribution in [1.29, 1.82) is 0 Å². The van der Waals surface area contributed by atoms with E-state index in [0.717, 1.165) is 22.1 Å². The highest BCUT2D eigenvalue weighted by atomic mass is 15.0. The Morgan fingerprint density at radius 1 is 0.388 bits per heavy atom. The molecule has 11 rings (SSSR count). The molecule has 0 spiro atoms. The maximum atomic E-state index is 7.79. The average Bonchev–Trinajstić information content (AvgIpc) is 3.50. The number of nitrogens with zero attached hydrogens (tertiary/aromatic N) is 2. The van der Waals surface area contributed by atoms with Gasteiger partial charge < -0.3 is 4.57 Å². The molecule has 0 N–H and O–H groups in total. The number of rotatable bonds is 3. The number of aromatic nitrogens is 1. The molecule has 0 aliphatic rings. The molecule has 2 nitrogen and oxygen atoms in total. The van der Waals surface area contributed by atoms with Crippen molar-refractivity contribution in [2.75, 3.05) is 0 Å². The number of para-hydroxylation sites is 1. The summed E-state index contributed by atoms with van der Waals surface area (Å²) in [6.45, 7) is 7.79. The molecular weight excluding hydrogens is 593 g/mol. The van der Waals surface area contributed by atoms with Crippen LogP contribution < -0.4 is 0 Å². The Labute approximate surface area is 282 Å². The fraction of sp³-hybridized carbons (Fsp3) is 0. The zero-order valence-corrected chi connectivity index (χ0v) is 26.4. The summed E-state index contributed by atoms with van der Waals surface area (Å²) in [5, 5.41) is 15.0. The Balaban J connectivity index is 1.14. The van der Waals surface area contributed by atoms with Crippen LogP contribution in [0.2, 0.25) is 0 Å². The van der Waals surface area contributed by atoms with Crippen LogP contribution in [-0.4, -0.2) is 4.57 Å². The van der Waals surface area contributed by atoms with Crippen LogP contribution in [0.3, 0.4) is 0 Å². The number of hydrogen-bond donors (Lipinski definition) is 0. The predicted molar refractivity (Wildman–Crippen MR) is 208 cm³/mol. The van der Waals surface area contributed by atoms with Gasteiger partial charge in [-0.05, 0) is 137 Å². The Hall–Kier alpha value is -6.69. The number of fused-ring (bicyclic) bond motifs is 1. The van der Waals surface area contributed by atoms with Gasteiger partial charge in [-0.2, -0.15) is 0 Å². The van der Waals surface area contributed by atoms with E-state index in [1.54, 1.807) is 0 Å².